The van der Waals surface area contributed by atoms with Crippen LogP contribution in [0.25, 0.3) is 82.1 Å². The molecule has 8 aromatic carbocycles. The Hall–Kier alpha value is -6.70. The van der Waals surface area contributed by atoms with Gasteiger partial charge in [0, 0.05) is 16.2 Å². The summed E-state index contributed by atoms with van der Waals surface area (Å²) in [6, 6.07) is 51.7. The Morgan fingerprint density at radius 1 is 0.589 bits per heavy atom. The lowest BCUT2D eigenvalue weighted by Crippen LogP contribution is -2.32. The number of benzene rings is 8. The van der Waals surface area contributed by atoms with E-state index in [1.807, 2.05) is 18.2 Å². The third-order valence-electron chi connectivity index (χ3n) is 12.7. The van der Waals surface area contributed by atoms with E-state index in [9.17, 15) is 0 Å². The average Bonchev–Trinajstić information content (AvgIpc) is 3.73. The van der Waals surface area contributed by atoms with Crippen molar-refractivity contribution in [1.29, 1.82) is 0 Å². The van der Waals surface area contributed by atoms with Crippen molar-refractivity contribution in [3.8, 4) is 11.1 Å². The number of hydrogen-bond acceptors (Lipinski definition) is 1. The molecule has 0 unspecified atom stereocenters. The van der Waals surface area contributed by atoms with Gasteiger partial charge >= 0.3 is 0 Å². The second-order valence-corrected chi connectivity index (χ2v) is 16.0. The van der Waals surface area contributed by atoms with Crippen molar-refractivity contribution in [2.75, 3.05) is 0 Å². The molecule has 1 heteroatoms. The monoisotopic (exact) mass is 716 g/mol. The number of rotatable bonds is 5. The Balaban J connectivity index is 1.13. The van der Waals surface area contributed by atoms with Gasteiger partial charge < -0.3 is 4.42 Å². The summed E-state index contributed by atoms with van der Waals surface area (Å²) in [5, 5.41) is 12.6. The molecular weight excluding hydrogens is 677 g/mol. The van der Waals surface area contributed by atoms with E-state index in [-0.39, 0.29) is 5.41 Å². The molecule has 0 fully saturated rings. The maximum atomic E-state index is 6.30. The van der Waals surface area contributed by atoms with Crippen molar-refractivity contribution in [2.45, 2.75) is 32.1 Å². The first kappa shape index (κ1) is 32.7. The molecule has 266 valence electrons. The molecule has 2 aliphatic rings. The van der Waals surface area contributed by atoms with E-state index in [2.05, 4.69) is 167 Å². The average molecular weight is 717 g/mol. The molecule has 0 radical (unpaired) electrons. The van der Waals surface area contributed by atoms with Crippen molar-refractivity contribution in [1.82, 2.24) is 0 Å². The van der Waals surface area contributed by atoms with Crippen molar-refractivity contribution >= 4 is 71.0 Å². The quantitative estimate of drug-likeness (QED) is 0.128. The Kier molecular flexibility index (Phi) is 7.10. The van der Waals surface area contributed by atoms with Gasteiger partial charge in [-0.1, -0.05) is 167 Å². The van der Waals surface area contributed by atoms with Crippen LogP contribution in [0, 0.1) is 0 Å². The fraction of sp³-hybridized carbons (Fsp3) is 0.0909. The van der Waals surface area contributed by atoms with E-state index in [4.69, 9.17) is 4.42 Å². The van der Waals surface area contributed by atoms with E-state index in [0.29, 0.717) is 0 Å². The van der Waals surface area contributed by atoms with Gasteiger partial charge in [0.1, 0.15) is 11.2 Å². The molecule has 2 aliphatic carbocycles. The van der Waals surface area contributed by atoms with Gasteiger partial charge in [-0.25, -0.2) is 0 Å². The molecule has 0 bridgehead atoms. The summed E-state index contributed by atoms with van der Waals surface area (Å²) in [7, 11) is 0. The lowest BCUT2D eigenvalue weighted by atomic mass is 9.79. The van der Waals surface area contributed by atoms with Gasteiger partial charge in [0.15, 0.2) is 0 Å². The van der Waals surface area contributed by atoms with Gasteiger partial charge in [-0.05, 0) is 129 Å². The predicted octanol–water partition coefficient (Wildman–Crippen LogP) is 13.3. The van der Waals surface area contributed by atoms with Crippen LogP contribution in [0.5, 0.6) is 0 Å². The second kappa shape index (κ2) is 12.2. The first-order valence-electron chi connectivity index (χ1n) is 19.7. The number of furan rings is 1. The summed E-state index contributed by atoms with van der Waals surface area (Å²) in [6.45, 7) is 13.2. The zero-order valence-electron chi connectivity index (χ0n) is 31.7. The highest BCUT2D eigenvalue weighted by molar-refractivity contribution is 6.21. The van der Waals surface area contributed by atoms with Gasteiger partial charge in [0.05, 0.1) is 0 Å². The van der Waals surface area contributed by atoms with Crippen LogP contribution in [0.2, 0.25) is 0 Å². The zero-order chi connectivity index (χ0) is 37.7. The van der Waals surface area contributed by atoms with E-state index >= 15 is 0 Å². The molecule has 0 saturated carbocycles. The summed E-state index contributed by atoms with van der Waals surface area (Å²) in [6.07, 6.45) is 7.78. The highest BCUT2D eigenvalue weighted by atomic mass is 16.3. The maximum Gasteiger partial charge on any atom is 0.136 e. The highest BCUT2D eigenvalue weighted by Gasteiger charge is 2.37. The van der Waals surface area contributed by atoms with Crippen LogP contribution < -0.4 is 10.4 Å². The molecule has 0 saturated heterocycles. The highest BCUT2D eigenvalue weighted by Crippen LogP contribution is 2.53. The molecular formula is C55H40O. The molecule has 1 aromatic heterocycles. The summed E-state index contributed by atoms with van der Waals surface area (Å²) in [5.74, 6) is 0. The lowest BCUT2D eigenvalue weighted by Gasteiger charge is -2.24. The Morgan fingerprint density at radius 3 is 1.95 bits per heavy atom. The Labute approximate surface area is 326 Å². The zero-order valence-corrected chi connectivity index (χ0v) is 31.7. The van der Waals surface area contributed by atoms with Crippen molar-refractivity contribution in [2.24, 2.45) is 0 Å². The smallest absolute Gasteiger partial charge is 0.136 e. The first-order valence-corrected chi connectivity index (χ1v) is 19.7. The van der Waals surface area contributed by atoms with Crippen LogP contribution in [0.15, 0.2) is 175 Å². The van der Waals surface area contributed by atoms with Gasteiger partial charge in [-0.15, -0.1) is 0 Å². The largest absolute Gasteiger partial charge is 0.456 e. The van der Waals surface area contributed by atoms with E-state index < -0.39 is 0 Å². The minimum atomic E-state index is -0.146. The van der Waals surface area contributed by atoms with E-state index in [1.165, 1.54) is 104 Å². The molecule has 1 heterocycles. The SMILES string of the molecule is C=C/C=C\C(=C)c1c2ccccc2c(C2=c3ccccc3=C(c3ccc4c(c3)-c3ccc5c(ccc6oc7ccccc7c65)c3C4(C)C)CC2)c2ccccc12. The number of hydrogen-bond donors (Lipinski definition) is 0. The minimum absolute atomic E-state index is 0.146. The van der Waals surface area contributed by atoms with Crippen molar-refractivity contribution in [3.05, 3.63) is 209 Å². The number of fused-ring (bicyclic) bond motifs is 12. The van der Waals surface area contributed by atoms with Crippen LogP contribution in [-0.2, 0) is 5.41 Å². The molecule has 1 nitrogen and oxygen atoms in total. The normalized spacial score (nSPS) is 14.6. The standard InChI is InChI=1S/C55H40O/c1-5-6-15-33(2)51-38-18-9-11-20-40(38)52(41-21-12-10-19-39(41)51)42-26-25-35(36-16-7-8-17-37(36)42)34-24-30-48-47(32-34)45-28-27-43-44(54(45)55(48,3)4)29-31-50-53(43)46-22-13-14-23-49(46)56-50/h5-24,27-32H,1-2,25-26H2,3-4H3/b15-6-. The van der Waals surface area contributed by atoms with Gasteiger partial charge in [0.25, 0.3) is 0 Å². The molecule has 0 atom stereocenters. The lowest BCUT2D eigenvalue weighted by molar-refractivity contribution is 0.665. The Morgan fingerprint density at radius 2 is 1.21 bits per heavy atom. The fourth-order valence-corrected chi connectivity index (χ4v) is 10.3. The molecule has 9 aromatic rings. The van der Waals surface area contributed by atoms with Crippen molar-refractivity contribution < 1.29 is 4.42 Å². The molecule has 0 spiro atoms. The number of para-hydroxylation sites is 1. The molecule has 0 aliphatic heterocycles. The summed E-state index contributed by atoms with van der Waals surface area (Å²) < 4.78 is 6.30. The molecule has 0 N–H and O–H groups in total. The topological polar surface area (TPSA) is 13.1 Å². The Bertz CT molecular complexity index is 3310. The second-order valence-electron chi connectivity index (χ2n) is 16.0. The van der Waals surface area contributed by atoms with Crippen LogP contribution in [0.3, 0.4) is 0 Å². The summed E-state index contributed by atoms with van der Waals surface area (Å²) >= 11 is 0. The molecule has 11 rings (SSSR count). The fourth-order valence-electron chi connectivity index (χ4n) is 10.3. The summed E-state index contributed by atoms with van der Waals surface area (Å²) in [5.41, 5.74) is 14.9. The van der Waals surface area contributed by atoms with Crippen LogP contribution in [0.1, 0.15) is 54.5 Å². The maximum absolute atomic E-state index is 6.30. The van der Waals surface area contributed by atoms with Crippen molar-refractivity contribution in [3.63, 3.8) is 0 Å². The minimum Gasteiger partial charge on any atom is -0.456 e. The molecule has 56 heavy (non-hydrogen) atoms. The van der Waals surface area contributed by atoms with Crippen LogP contribution in [-0.4, -0.2) is 0 Å². The van der Waals surface area contributed by atoms with E-state index in [1.54, 1.807) is 0 Å². The third kappa shape index (κ3) is 4.55. The predicted molar refractivity (Wildman–Crippen MR) is 239 cm³/mol. The van der Waals surface area contributed by atoms with Gasteiger partial charge in [-0.2, -0.15) is 0 Å². The third-order valence-corrected chi connectivity index (χ3v) is 12.7. The van der Waals surface area contributed by atoms with Crippen LogP contribution >= 0.6 is 0 Å². The van der Waals surface area contributed by atoms with Crippen LogP contribution in [0.4, 0.5) is 0 Å². The number of allylic oxidation sites excluding steroid dienone is 4. The van der Waals surface area contributed by atoms with Gasteiger partial charge in [0.2, 0.25) is 0 Å². The molecule has 0 amide bonds. The summed E-state index contributed by atoms with van der Waals surface area (Å²) in [4.78, 5) is 0. The first-order chi connectivity index (χ1) is 27.4. The van der Waals surface area contributed by atoms with Gasteiger partial charge in [-0.3, -0.25) is 0 Å². The van der Waals surface area contributed by atoms with E-state index in [0.717, 1.165) is 29.6 Å².